The molecule has 6 nitrogen and oxygen atoms in total. The van der Waals surface area contributed by atoms with Crippen LogP contribution in [0.3, 0.4) is 0 Å². The summed E-state index contributed by atoms with van der Waals surface area (Å²) in [7, 11) is -0.466. The van der Waals surface area contributed by atoms with Crippen molar-refractivity contribution in [1.82, 2.24) is 10.6 Å². The zero-order valence-electron chi connectivity index (χ0n) is 27.0. The molecule has 0 spiro atoms. The minimum absolute atomic E-state index is 0. The maximum atomic E-state index is 5.84. The maximum Gasteiger partial charge on any atom is 2.00 e. The van der Waals surface area contributed by atoms with Gasteiger partial charge in [-0.3, -0.25) is 0 Å². The second-order valence-electron chi connectivity index (χ2n) is 10.5. The van der Waals surface area contributed by atoms with Gasteiger partial charge in [0.1, 0.15) is 40.9 Å². The number of hydrogen-bond acceptors (Lipinski definition) is 6. The Morgan fingerprint density at radius 2 is 0.939 bits per heavy atom. The first-order chi connectivity index (χ1) is 23.0. The molecular formula is C38H36BrCuN6PS2. The van der Waals surface area contributed by atoms with Crippen LogP contribution in [0.4, 0.5) is 0 Å². The minimum Gasteiger partial charge on any atom is -1.00 e. The van der Waals surface area contributed by atoms with Crippen molar-refractivity contribution in [2.24, 2.45) is 20.4 Å². The van der Waals surface area contributed by atoms with Crippen LogP contribution >= 0.6 is 7.26 Å². The van der Waals surface area contributed by atoms with Crippen molar-refractivity contribution in [2.45, 2.75) is 13.3 Å². The molecule has 0 saturated heterocycles. The number of rotatable bonds is 11. The number of benzene rings is 5. The first-order valence-corrected chi connectivity index (χ1v) is 18.1. The van der Waals surface area contributed by atoms with E-state index in [4.69, 9.17) is 30.4 Å². The molecule has 0 aromatic heterocycles. The Kier molecular flexibility index (Phi) is 16.2. The summed E-state index contributed by atoms with van der Waals surface area (Å²) in [5.41, 5.74) is 3.93. The molecular weight excluding hydrogens is 779 g/mol. The Bertz CT molecular complexity index is 1760. The molecule has 0 bridgehead atoms. The van der Waals surface area contributed by atoms with Crippen molar-refractivity contribution >= 4 is 70.2 Å². The largest absolute Gasteiger partial charge is 2.00 e. The van der Waals surface area contributed by atoms with Crippen molar-refractivity contribution in [3.05, 3.63) is 162 Å². The molecule has 0 aliphatic heterocycles. The smallest absolute Gasteiger partial charge is 1.00 e. The van der Waals surface area contributed by atoms with E-state index in [-0.39, 0.29) is 44.4 Å². The van der Waals surface area contributed by atoms with Crippen LogP contribution in [-0.4, -0.2) is 35.1 Å². The third kappa shape index (κ3) is 10.1. The molecule has 5 aromatic rings. The summed E-state index contributed by atoms with van der Waals surface area (Å²) < 4.78 is 0. The number of aryl methyl sites for hydroxylation is 1. The Morgan fingerprint density at radius 3 is 1.35 bits per heavy atom. The fourth-order valence-corrected chi connectivity index (χ4v) is 9.34. The Morgan fingerprint density at radius 1 is 0.551 bits per heavy atom. The zero-order chi connectivity index (χ0) is 32.9. The standard InChI is InChI=1S/C38H37N6PS2.BrH.Cu/c1-3-29-24-26-31(27-25-29)36(41-43-37(46)39-2)35(30-16-8-4-9-17-30)42-44-38(47)40-28-45(32-18-10-5-11-19-32,33-20-12-6-13-21-33)34-22-14-7-15-23-34;;/h4-27H,3,28H2,1-2H3,(H3-,39,40,41,42,43,44,46,47);1H;/q;;+2/p-2. The van der Waals surface area contributed by atoms with Crippen molar-refractivity contribution in [3.8, 4) is 0 Å². The van der Waals surface area contributed by atoms with Gasteiger partial charge in [0.05, 0.1) is 0 Å². The van der Waals surface area contributed by atoms with E-state index in [1.807, 2.05) is 60.7 Å². The average molecular weight is 815 g/mol. The van der Waals surface area contributed by atoms with E-state index in [1.54, 1.807) is 7.05 Å². The van der Waals surface area contributed by atoms with Crippen LogP contribution in [0.2, 0.25) is 0 Å². The van der Waals surface area contributed by atoms with Crippen molar-refractivity contribution in [2.75, 3.05) is 13.3 Å². The normalized spacial score (nSPS) is 12.4. The van der Waals surface area contributed by atoms with Gasteiger partial charge in [-0.1, -0.05) is 116 Å². The molecule has 5 rings (SSSR count). The van der Waals surface area contributed by atoms with Crippen LogP contribution in [0.1, 0.15) is 23.6 Å². The molecule has 0 unspecified atom stereocenters. The fourth-order valence-electron chi connectivity index (χ4n) is 5.21. The average Bonchev–Trinajstić information content (AvgIpc) is 3.15. The minimum atomic E-state index is -2.18. The SMILES string of the molecule is CCc1ccc(C(=NN=C([S-])NC)C(=NN=C([S-])NC[P+](c2ccccc2)(c2ccccc2)c2ccccc2)c2ccccc2)cc1.[Br-].[Cu+2]. The van der Waals surface area contributed by atoms with Gasteiger partial charge < -0.3 is 52.9 Å². The summed E-state index contributed by atoms with van der Waals surface area (Å²) in [5.74, 6) is 0. The van der Waals surface area contributed by atoms with Gasteiger partial charge in [-0.25, -0.2) is 0 Å². The number of halogens is 1. The van der Waals surface area contributed by atoms with E-state index in [0.29, 0.717) is 17.7 Å². The van der Waals surface area contributed by atoms with Crippen LogP contribution in [0, 0.1) is 0 Å². The predicted octanol–water partition coefficient (Wildman–Crippen LogP) is 2.93. The molecule has 0 amide bonds. The molecule has 0 heterocycles. The number of nitrogens with one attached hydrogen (secondary N) is 2. The van der Waals surface area contributed by atoms with Gasteiger partial charge in [0, 0.05) is 23.3 Å². The second kappa shape index (κ2) is 20.1. The number of amidine groups is 2. The van der Waals surface area contributed by atoms with Crippen molar-refractivity contribution < 1.29 is 34.1 Å². The monoisotopic (exact) mass is 813 g/mol. The molecule has 253 valence electrons. The first-order valence-electron chi connectivity index (χ1n) is 15.3. The molecule has 5 aromatic carbocycles. The molecule has 1 radical (unpaired) electrons. The molecule has 0 saturated carbocycles. The number of nitrogens with zero attached hydrogens (tertiary/aromatic N) is 4. The van der Waals surface area contributed by atoms with E-state index in [9.17, 15) is 0 Å². The third-order valence-corrected chi connectivity index (χ3v) is 12.3. The molecule has 49 heavy (non-hydrogen) atoms. The van der Waals surface area contributed by atoms with E-state index in [0.717, 1.165) is 17.5 Å². The summed E-state index contributed by atoms with van der Waals surface area (Å²) in [6.45, 7) is 2.12. The quantitative estimate of drug-likeness (QED) is 0.0538. The van der Waals surface area contributed by atoms with E-state index < -0.39 is 7.26 Å². The van der Waals surface area contributed by atoms with Gasteiger partial charge in [0.25, 0.3) is 0 Å². The van der Waals surface area contributed by atoms with Gasteiger partial charge in [0.2, 0.25) is 0 Å². The zero-order valence-corrected chi connectivity index (χ0v) is 32.1. The van der Waals surface area contributed by atoms with Crippen LogP contribution < -0.4 is 43.5 Å². The molecule has 0 aliphatic rings. The molecule has 0 atom stereocenters. The van der Waals surface area contributed by atoms with Gasteiger partial charge >= 0.3 is 17.1 Å². The van der Waals surface area contributed by atoms with Gasteiger partial charge in [-0.2, -0.15) is 10.2 Å². The second-order valence-corrected chi connectivity index (χ2v) is 14.8. The van der Waals surface area contributed by atoms with Crippen molar-refractivity contribution in [1.29, 1.82) is 0 Å². The summed E-state index contributed by atoms with van der Waals surface area (Å²) in [6, 6.07) is 49.9. The van der Waals surface area contributed by atoms with Crippen LogP contribution in [0.15, 0.2) is 166 Å². The van der Waals surface area contributed by atoms with Gasteiger partial charge in [-0.15, -0.1) is 10.2 Å². The summed E-state index contributed by atoms with van der Waals surface area (Å²) in [6.07, 6.45) is 1.49. The molecule has 0 aliphatic carbocycles. The Labute approximate surface area is 322 Å². The summed E-state index contributed by atoms with van der Waals surface area (Å²) in [4.78, 5) is 0. The molecule has 11 heteroatoms. The van der Waals surface area contributed by atoms with E-state index in [2.05, 4.69) is 118 Å². The summed E-state index contributed by atoms with van der Waals surface area (Å²) >= 11 is 11.1. The maximum absolute atomic E-state index is 5.84. The molecule has 2 N–H and O–H groups in total. The van der Waals surface area contributed by atoms with E-state index in [1.165, 1.54) is 21.5 Å². The molecule has 0 fully saturated rings. The van der Waals surface area contributed by atoms with Crippen LogP contribution in [0.25, 0.3) is 0 Å². The van der Waals surface area contributed by atoms with Crippen LogP contribution in [0.5, 0.6) is 0 Å². The number of hydrogen-bond donors (Lipinski definition) is 2. The topological polar surface area (TPSA) is 73.5 Å². The van der Waals surface area contributed by atoms with Crippen molar-refractivity contribution in [3.63, 3.8) is 0 Å². The fraction of sp³-hybridized carbons (Fsp3) is 0.105. The Hall–Kier alpha value is -3.75. The van der Waals surface area contributed by atoms with E-state index >= 15 is 0 Å². The van der Waals surface area contributed by atoms with Crippen LogP contribution in [-0.2, 0) is 48.7 Å². The first kappa shape index (κ1) is 39.7. The summed E-state index contributed by atoms with van der Waals surface area (Å²) in [5, 5.41) is 28.7. The third-order valence-electron chi connectivity index (χ3n) is 7.66. The Balaban J connectivity index is 0.00000325. The van der Waals surface area contributed by atoms with Gasteiger partial charge in [0.15, 0.2) is 0 Å². The van der Waals surface area contributed by atoms with Gasteiger partial charge in [-0.05, 0) is 53.6 Å². The predicted molar refractivity (Wildman–Crippen MR) is 207 cm³/mol.